The zero-order valence-electron chi connectivity index (χ0n) is 13.1. The van der Waals surface area contributed by atoms with Gasteiger partial charge in [0.05, 0.1) is 7.11 Å². The number of carbonyl (C=O) groups is 1. The van der Waals surface area contributed by atoms with E-state index in [9.17, 15) is 4.79 Å². The summed E-state index contributed by atoms with van der Waals surface area (Å²) in [4.78, 5) is 11.0. The third kappa shape index (κ3) is 6.54. The van der Waals surface area contributed by atoms with Crippen LogP contribution in [0, 0.1) is 5.92 Å². The second-order valence-corrected chi connectivity index (χ2v) is 11.4. The van der Waals surface area contributed by atoms with Crippen molar-refractivity contribution >= 4 is 14.3 Å². The molecule has 0 radical (unpaired) electrons. The third-order valence-electron chi connectivity index (χ3n) is 3.95. The van der Waals surface area contributed by atoms with E-state index in [1.807, 2.05) is 0 Å². The monoisotopic (exact) mass is 274 g/mol. The number of methoxy groups -OCH3 is 1. The lowest BCUT2D eigenvalue weighted by Crippen LogP contribution is -2.41. The van der Waals surface area contributed by atoms with Gasteiger partial charge in [0, 0.05) is 13.0 Å². The molecule has 0 unspecified atom stereocenters. The van der Waals surface area contributed by atoms with Crippen molar-refractivity contribution in [3.63, 3.8) is 0 Å². The summed E-state index contributed by atoms with van der Waals surface area (Å²) in [6.45, 7) is 14.3. The second-order valence-electron chi connectivity index (χ2n) is 6.62. The molecule has 0 amide bonds. The van der Waals surface area contributed by atoms with Crippen LogP contribution in [-0.2, 0) is 14.0 Å². The molecule has 18 heavy (non-hydrogen) atoms. The number of hydrogen-bond acceptors (Lipinski definition) is 3. The molecule has 0 fully saturated rings. The largest absolute Gasteiger partial charge is 0.469 e. The van der Waals surface area contributed by atoms with Crippen LogP contribution in [0.15, 0.2) is 0 Å². The summed E-state index contributed by atoms with van der Waals surface area (Å²) in [6, 6.07) is 0. The average molecular weight is 274 g/mol. The quantitative estimate of drug-likeness (QED) is 0.520. The van der Waals surface area contributed by atoms with E-state index in [1.54, 1.807) is 0 Å². The molecule has 3 nitrogen and oxygen atoms in total. The fraction of sp³-hybridized carbons (Fsp3) is 0.929. The Hall–Kier alpha value is -0.353. The van der Waals surface area contributed by atoms with Gasteiger partial charge in [-0.3, -0.25) is 4.79 Å². The maximum absolute atomic E-state index is 11.0. The van der Waals surface area contributed by atoms with E-state index in [4.69, 9.17) is 4.43 Å². The second kappa shape index (κ2) is 7.29. The van der Waals surface area contributed by atoms with E-state index in [0.717, 1.165) is 19.4 Å². The molecule has 0 aliphatic rings. The van der Waals surface area contributed by atoms with E-state index >= 15 is 0 Å². The summed E-state index contributed by atoms with van der Waals surface area (Å²) in [6.07, 6.45) is 2.41. The summed E-state index contributed by atoms with van der Waals surface area (Å²) in [5.74, 6) is 0.390. The van der Waals surface area contributed by atoms with E-state index in [-0.39, 0.29) is 11.0 Å². The Bertz CT molecular complexity index is 256. The van der Waals surface area contributed by atoms with Gasteiger partial charge in [0.15, 0.2) is 8.32 Å². The summed E-state index contributed by atoms with van der Waals surface area (Å²) in [5, 5.41) is 0.266. The fourth-order valence-corrected chi connectivity index (χ4v) is 2.40. The van der Waals surface area contributed by atoms with Crippen LogP contribution in [-0.4, -0.2) is 28.0 Å². The van der Waals surface area contributed by atoms with Crippen LogP contribution in [0.5, 0.6) is 0 Å². The Kier molecular flexibility index (Phi) is 7.15. The van der Waals surface area contributed by atoms with Crippen LogP contribution < -0.4 is 0 Å². The topological polar surface area (TPSA) is 35.5 Å². The van der Waals surface area contributed by atoms with Gasteiger partial charge in [-0.2, -0.15) is 0 Å². The van der Waals surface area contributed by atoms with Gasteiger partial charge in [-0.15, -0.1) is 0 Å². The molecule has 0 saturated heterocycles. The van der Waals surface area contributed by atoms with Crippen LogP contribution in [0.4, 0.5) is 0 Å². The first kappa shape index (κ1) is 17.6. The molecule has 0 bridgehead atoms. The van der Waals surface area contributed by atoms with Crippen molar-refractivity contribution in [2.24, 2.45) is 5.92 Å². The molecular formula is C14H30O3Si. The molecule has 1 atom stereocenters. The van der Waals surface area contributed by atoms with Crippen LogP contribution in [0.1, 0.15) is 47.0 Å². The van der Waals surface area contributed by atoms with Crippen molar-refractivity contribution in [3.8, 4) is 0 Å². The zero-order valence-corrected chi connectivity index (χ0v) is 14.1. The molecule has 0 aromatic carbocycles. The minimum absolute atomic E-state index is 0.118. The van der Waals surface area contributed by atoms with Crippen molar-refractivity contribution in [1.29, 1.82) is 0 Å². The molecule has 0 aromatic rings. The Morgan fingerprint density at radius 2 is 1.78 bits per heavy atom. The molecule has 0 saturated carbocycles. The highest BCUT2D eigenvalue weighted by Crippen LogP contribution is 2.36. The van der Waals surface area contributed by atoms with E-state index in [0.29, 0.717) is 12.3 Å². The van der Waals surface area contributed by atoms with Crippen LogP contribution in [0.3, 0.4) is 0 Å². The van der Waals surface area contributed by atoms with Crippen molar-refractivity contribution in [3.05, 3.63) is 0 Å². The number of ether oxygens (including phenoxy) is 1. The number of rotatable bonds is 7. The first-order chi connectivity index (χ1) is 8.10. The normalized spacial score (nSPS) is 14.4. The van der Waals surface area contributed by atoms with Crippen LogP contribution in [0.2, 0.25) is 18.1 Å². The number of hydrogen-bond donors (Lipinski definition) is 0. The van der Waals surface area contributed by atoms with Gasteiger partial charge < -0.3 is 9.16 Å². The van der Waals surface area contributed by atoms with Crippen molar-refractivity contribution in [2.75, 3.05) is 13.7 Å². The minimum Gasteiger partial charge on any atom is -0.469 e. The Balaban J connectivity index is 3.88. The SMILES string of the molecule is COC(=O)CC[C@@H](C)CCO[Si](C)(C)C(C)(C)C. The average Bonchev–Trinajstić information content (AvgIpc) is 2.24. The van der Waals surface area contributed by atoms with Gasteiger partial charge in [0.2, 0.25) is 0 Å². The maximum atomic E-state index is 11.0. The summed E-state index contributed by atoms with van der Waals surface area (Å²) in [7, 11) is -0.177. The molecule has 108 valence electrons. The van der Waals surface area contributed by atoms with Gasteiger partial charge in [-0.1, -0.05) is 27.7 Å². The Morgan fingerprint density at radius 3 is 2.22 bits per heavy atom. The maximum Gasteiger partial charge on any atom is 0.305 e. The van der Waals surface area contributed by atoms with Gasteiger partial charge in [0.25, 0.3) is 0 Å². The third-order valence-corrected chi connectivity index (χ3v) is 8.49. The highest BCUT2D eigenvalue weighted by atomic mass is 28.4. The smallest absolute Gasteiger partial charge is 0.305 e. The van der Waals surface area contributed by atoms with Crippen molar-refractivity contribution < 1.29 is 14.0 Å². The summed E-state index contributed by atoms with van der Waals surface area (Å²) < 4.78 is 10.8. The molecule has 0 rings (SSSR count). The first-order valence-corrected chi connectivity index (χ1v) is 9.71. The lowest BCUT2D eigenvalue weighted by Gasteiger charge is -2.36. The standard InChI is InChI=1S/C14H30O3Si/c1-12(8-9-13(15)16-5)10-11-17-18(6,7)14(2,3)4/h12H,8-11H2,1-7H3/t12-/m1/s1. The molecular weight excluding hydrogens is 244 g/mol. The van der Waals surface area contributed by atoms with E-state index < -0.39 is 8.32 Å². The highest BCUT2D eigenvalue weighted by molar-refractivity contribution is 6.74. The first-order valence-electron chi connectivity index (χ1n) is 6.81. The van der Waals surface area contributed by atoms with Crippen LogP contribution in [0.25, 0.3) is 0 Å². The van der Waals surface area contributed by atoms with Crippen LogP contribution >= 0.6 is 0 Å². The molecule has 4 heteroatoms. The molecule has 0 spiro atoms. The van der Waals surface area contributed by atoms with E-state index in [2.05, 4.69) is 45.5 Å². The molecule has 0 aliphatic carbocycles. The van der Waals surface area contributed by atoms with E-state index in [1.165, 1.54) is 7.11 Å². The predicted molar refractivity (Wildman–Crippen MR) is 78.2 cm³/mol. The predicted octanol–water partition coefficient (Wildman–Crippen LogP) is 3.99. The molecule has 0 aromatic heterocycles. The molecule has 0 N–H and O–H groups in total. The van der Waals surface area contributed by atoms with Gasteiger partial charge in [-0.05, 0) is 36.9 Å². The van der Waals surface area contributed by atoms with Crippen molar-refractivity contribution in [2.45, 2.75) is 65.1 Å². The Labute approximate surface area is 113 Å². The fourth-order valence-electron chi connectivity index (χ4n) is 1.34. The highest BCUT2D eigenvalue weighted by Gasteiger charge is 2.36. The number of esters is 1. The van der Waals surface area contributed by atoms with Crippen molar-refractivity contribution in [1.82, 2.24) is 0 Å². The lowest BCUT2D eigenvalue weighted by molar-refractivity contribution is -0.140. The summed E-state index contributed by atoms with van der Waals surface area (Å²) in [5.41, 5.74) is 0. The van der Waals surface area contributed by atoms with Gasteiger partial charge in [-0.25, -0.2) is 0 Å². The molecule has 0 aliphatic heterocycles. The lowest BCUT2D eigenvalue weighted by atomic mass is 10.0. The zero-order chi connectivity index (χ0) is 14.4. The minimum atomic E-state index is -1.62. The molecule has 0 heterocycles. The number of carbonyl (C=O) groups excluding carboxylic acids is 1. The van der Waals surface area contributed by atoms with Gasteiger partial charge >= 0.3 is 5.97 Å². The summed E-state index contributed by atoms with van der Waals surface area (Å²) >= 11 is 0. The van der Waals surface area contributed by atoms with Gasteiger partial charge in [0.1, 0.15) is 0 Å². The Morgan fingerprint density at radius 1 is 1.22 bits per heavy atom.